The maximum atomic E-state index is 12.4. The van der Waals surface area contributed by atoms with Gasteiger partial charge in [-0.1, -0.05) is 11.2 Å². The minimum absolute atomic E-state index is 0.000535. The van der Waals surface area contributed by atoms with Gasteiger partial charge in [0.1, 0.15) is 17.1 Å². The quantitative estimate of drug-likeness (QED) is 0.782. The van der Waals surface area contributed by atoms with E-state index >= 15 is 0 Å². The number of aromatic nitrogens is 1. The van der Waals surface area contributed by atoms with Crippen molar-refractivity contribution in [2.75, 3.05) is 6.54 Å². The van der Waals surface area contributed by atoms with Crippen LogP contribution >= 0.6 is 11.3 Å². The molecule has 3 heterocycles. The molecule has 0 aliphatic carbocycles. The number of aryl methyl sites for hydroxylation is 2. The molecule has 0 aliphatic rings. The van der Waals surface area contributed by atoms with Crippen LogP contribution in [0.25, 0.3) is 0 Å². The van der Waals surface area contributed by atoms with Crippen molar-refractivity contribution in [1.82, 2.24) is 10.5 Å². The van der Waals surface area contributed by atoms with E-state index in [4.69, 9.17) is 8.94 Å². The fourth-order valence-corrected chi connectivity index (χ4v) is 3.25. The van der Waals surface area contributed by atoms with Crippen LogP contribution in [0.5, 0.6) is 0 Å². The number of nitrogens with zero attached hydrogens (tertiary/aromatic N) is 1. The van der Waals surface area contributed by atoms with E-state index in [1.807, 2.05) is 29.6 Å². The van der Waals surface area contributed by atoms with E-state index in [-0.39, 0.29) is 11.8 Å². The summed E-state index contributed by atoms with van der Waals surface area (Å²) in [5.41, 5.74) is 1.10. The summed E-state index contributed by atoms with van der Waals surface area (Å²) in [5.74, 6) is 1.19. The second-order valence-corrected chi connectivity index (χ2v) is 5.97. The molecule has 114 valence electrons. The summed E-state index contributed by atoms with van der Waals surface area (Å²) in [5, 5.41) is 8.78. The Bertz CT molecular complexity index is 691. The molecule has 0 bridgehead atoms. The first kappa shape index (κ1) is 14.6. The molecule has 0 saturated heterocycles. The fraction of sp³-hybridized carbons (Fsp3) is 0.250. The summed E-state index contributed by atoms with van der Waals surface area (Å²) in [4.78, 5) is 13.5. The van der Waals surface area contributed by atoms with Crippen LogP contribution in [0.4, 0.5) is 0 Å². The van der Waals surface area contributed by atoms with Crippen molar-refractivity contribution in [3.63, 3.8) is 0 Å². The fourth-order valence-electron chi connectivity index (χ4n) is 2.41. The van der Waals surface area contributed by atoms with Gasteiger partial charge < -0.3 is 14.3 Å². The van der Waals surface area contributed by atoms with Gasteiger partial charge in [0.05, 0.1) is 17.9 Å². The molecule has 0 spiro atoms. The molecule has 3 rings (SSSR count). The van der Waals surface area contributed by atoms with Gasteiger partial charge in [-0.3, -0.25) is 4.79 Å². The molecule has 0 unspecified atom stereocenters. The zero-order valence-corrected chi connectivity index (χ0v) is 13.1. The number of hydrogen-bond donors (Lipinski definition) is 1. The van der Waals surface area contributed by atoms with Crippen LogP contribution in [0, 0.1) is 13.8 Å². The molecule has 1 atom stereocenters. The molecule has 0 aliphatic heterocycles. The summed E-state index contributed by atoms with van der Waals surface area (Å²) in [7, 11) is 0. The Hall–Kier alpha value is -2.34. The SMILES string of the molecule is Cc1noc(C)c1C(=O)NC[C@H](c1ccco1)c1cccs1. The molecular formula is C16H16N2O3S. The van der Waals surface area contributed by atoms with Crippen molar-refractivity contribution in [2.24, 2.45) is 0 Å². The molecule has 0 saturated carbocycles. The second-order valence-electron chi connectivity index (χ2n) is 4.99. The molecular weight excluding hydrogens is 300 g/mol. The average molecular weight is 316 g/mol. The van der Waals surface area contributed by atoms with Gasteiger partial charge in [-0.25, -0.2) is 0 Å². The van der Waals surface area contributed by atoms with Gasteiger partial charge in [-0.05, 0) is 37.4 Å². The standard InChI is InChI=1S/C16H16N2O3S/c1-10-15(11(2)21-18-10)16(19)17-9-12(13-5-3-7-20-13)14-6-4-8-22-14/h3-8,12H,9H2,1-2H3,(H,17,19)/t12-/m1/s1. The topological polar surface area (TPSA) is 68.3 Å². The molecule has 6 heteroatoms. The Labute approximate surface area is 131 Å². The first-order chi connectivity index (χ1) is 10.7. The van der Waals surface area contributed by atoms with E-state index in [0.717, 1.165) is 10.6 Å². The lowest BCUT2D eigenvalue weighted by atomic mass is 10.0. The molecule has 5 nitrogen and oxygen atoms in total. The zero-order valence-electron chi connectivity index (χ0n) is 12.3. The largest absolute Gasteiger partial charge is 0.469 e. The van der Waals surface area contributed by atoms with E-state index in [1.54, 1.807) is 31.4 Å². The van der Waals surface area contributed by atoms with Gasteiger partial charge in [-0.2, -0.15) is 0 Å². The smallest absolute Gasteiger partial charge is 0.256 e. The highest BCUT2D eigenvalue weighted by molar-refractivity contribution is 7.10. The molecule has 1 N–H and O–H groups in total. The van der Waals surface area contributed by atoms with Crippen LogP contribution in [0.1, 0.15) is 38.4 Å². The van der Waals surface area contributed by atoms with Crippen molar-refractivity contribution in [1.29, 1.82) is 0 Å². The summed E-state index contributed by atoms with van der Waals surface area (Å²) in [6.07, 6.45) is 1.64. The third-order valence-corrected chi connectivity index (χ3v) is 4.49. The first-order valence-corrected chi connectivity index (χ1v) is 7.82. The lowest BCUT2D eigenvalue weighted by molar-refractivity contribution is 0.0950. The van der Waals surface area contributed by atoms with Gasteiger partial charge in [0, 0.05) is 11.4 Å². The zero-order chi connectivity index (χ0) is 15.5. The Morgan fingerprint density at radius 3 is 2.82 bits per heavy atom. The highest BCUT2D eigenvalue weighted by Gasteiger charge is 2.22. The monoisotopic (exact) mass is 316 g/mol. The van der Waals surface area contributed by atoms with E-state index < -0.39 is 0 Å². The van der Waals surface area contributed by atoms with Crippen LogP contribution in [0.2, 0.25) is 0 Å². The Kier molecular flexibility index (Phi) is 4.11. The van der Waals surface area contributed by atoms with Gasteiger partial charge in [0.25, 0.3) is 5.91 Å². The summed E-state index contributed by atoms with van der Waals surface area (Å²) < 4.78 is 10.6. The second kappa shape index (κ2) is 6.19. The molecule has 0 aromatic carbocycles. The minimum atomic E-state index is -0.177. The highest BCUT2D eigenvalue weighted by Crippen LogP contribution is 2.28. The Morgan fingerprint density at radius 1 is 1.36 bits per heavy atom. The first-order valence-electron chi connectivity index (χ1n) is 6.94. The van der Waals surface area contributed by atoms with E-state index in [9.17, 15) is 4.79 Å². The number of amides is 1. The molecule has 3 aromatic rings. The maximum Gasteiger partial charge on any atom is 0.256 e. The van der Waals surface area contributed by atoms with Gasteiger partial charge in [0.2, 0.25) is 0 Å². The third kappa shape index (κ3) is 2.82. The predicted octanol–water partition coefficient (Wildman–Crippen LogP) is 3.51. The number of furan rings is 1. The normalized spacial score (nSPS) is 12.3. The van der Waals surface area contributed by atoms with Crippen LogP contribution in [0.15, 0.2) is 44.8 Å². The molecule has 1 amide bonds. The van der Waals surface area contributed by atoms with Crippen molar-refractivity contribution >= 4 is 17.2 Å². The van der Waals surface area contributed by atoms with Crippen molar-refractivity contribution < 1.29 is 13.7 Å². The van der Waals surface area contributed by atoms with Crippen LogP contribution in [0.3, 0.4) is 0 Å². The Morgan fingerprint density at radius 2 is 2.23 bits per heavy atom. The van der Waals surface area contributed by atoms with Crippen molar-refractivity contribution in [3.8, 4) is 0 Å². The summed E-state index contributed by atoms with van der Waals surface area (Å²) in [6, 6.07) is 7.81. The number of hydrogen-bond acceptors (Lipinski definition) is 5. The van der Waals surface area contributed by atoms with Crippen LogP contribution in [-0.2, 0) is 0 Å². The third-order valence-electron chi connectivity index (χ3n) is 3.50. The number of thiophene rings is 1. The van der Waals surface area contributed by atoms with E-state index in [2.05, 4.69) is 10.5 Å². The minimum Gasteiger partial charge on any atom is -0.469 e. The van der Waals surface area contributed by atoms with Crippen molar-refractivity contribution in [3.05, 3.63) is 63.6 Å². The van der Waals surface area contributed by atoms with Gasteiger partial charge in [0.15, 0.2) is 0 Å². The summed E-state index contributed by atoms with van der Waals surface area (Å²) in [6.45, 7) is 3.95. The highest BCUT2D eigenvalue weighted by atomic mass is 32.1. The number of carbonyl (C=O) groups excluding carboxylic acids is 1. The number of rotatable bonds is 5. The van der Waals surface area contributed by atoms with E-state index in [0.29, 0.717) is 23.6 Å². The number of nitrogens with one attached hydrogen (secondary N) is 1. The molecule has 22 heavy (non-hydrogen) atoms. The molecule has 0 radical (unpaired) electrons. The Balaban J connectivity index is 1.77. The van der Waals surface area contributed by atoms with Crippen LogP contribution < -0.4 is 5.32 Å². The maximum absolute atomic E-state index is 12.4. The molecule has 3 aromatic heterocycles. The average Bonchev–Trinajstić information content (AvgIpc) is 3.22. The van der Waals surface area contributed by atoms with Gasteiger partial charge >= 0.3 is 0 Å². The molecule has 0 fully saturated rings. The predicted molar refractivity (Wildman–Crippen MR) is 83.2 cm³/mol. The van der Waals surface area contributed by atoms with Gasteiger partial charge in [-0.15, -0.1) is 11.3 Å². The summed E-state index contributed by atoms with van der Waals surface area (Å²) >= 11 is 1.64. The van der Waals surface area contributed by atoms with E-state index in [1.165, 1.54) is 0 Å². The lowest BCUT2D eigenvalue weighted by Crippen LogP contribution is -2.29. The van der Waals surface area contributed by atoms with Crippen LogP contribution in [-0.4, -0.2) is 17.6 Å². The lowest BCUT2D eigenvalue weighted by Gasteiger charge is -2.14. The van der Waals surface area contributed by atoms with Crippen molar-refractivity contribution in [2.45, 2.75) is 19.8 Å². The number of carbonyl (C=O) groups is 1.